The molecule has 0 spiro atoms. The minimum atomic E-state index is -1.18. The lowest BCUT2D eigenvalue weighted by Crippen LogP contribution is -2.59. The molecule has 1 unspecified atom stereocenters. The zero-order valence-electron chi connectivity index (χ0n) is 28.5. The highest BCUT2D eigenvalue weighted by atomic mass is 16.6. The molecule has 11 heteroatoms. The van der Waals surface area contributed by atoms with Crippen LogP contribution in [0.5, 0.6) is 0 Å². The lowest BCUT2D eigenvalue weighted by atomic mass is 9.96. The van der Waals surface area contributed by atoms with Gasteiger partial charge in [0.05, 0.1) is 11.7 Å². The Bertz CT molecular complexity index is 1250. The molecule has 1 fully saturated rings. The van der Waals surface area contributed by atoms with Gasteiger partial charge in [0.15, 0.2) is 5.78 Å². The van der Waals surface area contributed by atoms with Gasteiger partial charge in [-0.25, -0.2) is 4.79 Å². The van der Waals surface area contributed by atoms with E-state index in [2.05, 4.69) is 21.3 Å². The standard InChI is InChI=1S/C35H52N4O7/c1-9-23(4)29(40)16-15-27(20-26-17-18-36-31(26)41)37-32(42)28(19-22(2)3)38-33(43)30(24(5)46-35(6,7)8)39-34(44)45-21-25-13-11-10-12-14-25/h9-16,22,24,26-28,30H,17-21H2,1-8H3,(H,36,41)(H,37,42)(H,38,43)(H,39,44)/b16-15+,23-9-/t24?,26-,27+,28-,30-/m0/s1. The van der Waals surface area contributed by atoms with Crippen LogP contribution in [0.4, 0.5) is 4.79 Å². The van der Waals surface area contributed by atoms with Gasteiger partial charge in [-0.3, -0.25) is 19.2 Å². The van der Waals surface area contributed by atoms with Crippen molar-refractivity contribution in [2.45, 2.75) is 111 Å². The van der Waals surface area contributed by atoms with Gasteiger partial charge in [-0.05, 0) is 83.9 Å². The fourth-order valence-corrected chi connectivity index (χ4v) is 5.00. The van der Waals surface area contributed by atoms with Crippen LogP contribution >= 0.6 is 0 Å². The minimum absolute atomic E-state index is 0.0118. The molecule has 0 bridgehead atoms. The van der Waals surface area contributed by atoms with Gasteiger partial charge < -0.3 is 30.7 Å². The SMILES string of the molecule is C/C=C(/C)C(=O)/C=C/[C@H](C[C@@H]1CCNC1=O)NC(=O)[C@H](CC(C)C)NC(=O)[C@@H](NC(=O)OCc1ccccc1)C(C)OC(C)(C)C. The Balaban J connectivity index is 2.25. The van der Waals surface area contributed by atoms with Crippen LogP contribution in [0.15, 0.2) is 54.1 Å². The number of benzene rings is 1. The summed E-state index contributed by atoms with van der Waals surface area (Å²) in [4.78, 5) is 65.1. The van der Waals surface area contributed by atoms with E-state index in [1.165, 1.54) is 6.08 Å². The second-order valence-corrected chi connectivity index (χ2v) is 13.1. The molecule has 1 saturated heterocycles. The van der Waals surface area contributed by atoms with Crippen molar-refractivity contribution in [3.8, 4) is 0 Å². The van der Waals surface area contributed by atoms with Gasteiger partial charge >= 0.3 is 6.09 Å². The largest absolute Gasteiger partial charge is 0.445 e. The van der Waals surface area contributed by atoms with Crippen LogP contribution in [-0.4, -0.2) is 66.0 Å². The summed E-state index contributed by atoms with van der Waals surface area (Å²) in [7, 11) is 0. The Morgan fingerprint density at radius 2 is 1.70 bits per heavy atom. The Kier molecular flexibility index (Phi) is 15.1. The number of rotatable bonds is 16. The van der Waals surface area contributed by atoms with Gasteiger partial charge in [0.25, 0.3) is 0 Å². The van der Waals surface area contributed by atoms with Gasteiger partial charge in [-0.1, -0.05) is 56.3 Å². The first-order valence-corrected chi connectivity index (χ1v) is 16.0. The number of amides is 4. The lowest BCUT2D eigenvalue weighted by molar-refractivity contribution is -0.135. The number of ketones is 1. The van der Waals surface area contributed by atoms with Crippen molar-refractivity contribution < 1.29 is 33.4 Å². The van der Waals surface area contributed by atoms with Crippen molar-refractivity contribution in [3.63, 3.8) is 0 Å². The molecule has 0 saturated carbocycles. The third-order valence-corrected chi connectivity index (χ3v) is 7.45. The molecule has 2 rings (SSSR count). The molecule has 0 aromatic heterocycles. The van der Waals surface area contributed by atoms with Crippen molar-refractivity contribution >= 4 is 29.6 Å². The van der Waals surface area contributed by atoms with E-state index in [1.807, 2.05) is 65.0 Å². The molecule has 0 radical (unpaired) electrons. The fourth-order valence-electron chi connectivity index (χ4n) is 5.00. The van der Waals surface area contributed by atoms with Gasteiger partial charge in [0.1, 0.15) is 18.7 Å². The minimum Gasteiger partial charge on any atom is -0.445 e. The van der Waals surface area contributed by atoms with Gasteiger partial charge in [0.2, 0.25) is 17.7 Å². The van der Waals surface area contributed by atoms with Gasteiger partial charge in [-0.15, -0.1) is 0 Å². The summed E-state index contributed by atoms with van der Waals surface area (Å²) >= 11 is 0. The lowest BCUT2D eigenvalue weighted by Gasteiger charge is -2.32. The van der Waals surface area contributed by atoms with Gasteiger partial charge in [-0.2, -0.15) is 0 Å². The number of alkyl carbamates (subject to hydrolysis) is 1. The molecule has 1 heterocycles. The number of carbonyl (C=O) groups is 5. The molecule has 254 valence electrons. The van der Waals surface area contributed by atoms with E-state index >= 15 is 0 Å². The first-order chi connectivity index (χ1) is 21.6. The maximum Gasteiger partial charge on any atom is 0.408 e. The summed E-state index contributed by atoms with van der Waals surface area (Å²) < 4.78 is 11.4. The summed E-state index contributed by atoms with van der Waals surface area (Å²) in [5.41, 5.74) is 0.710. The first-order valence-electron chi connectivity index (χ1n) is 16.0. The van der Waals surface area contributed by atoms with Crippen molar-refractivity contribution in [1.29, 1.82) is 0 Å². The zero-order chi connectivity index (χ0) is 34.4. The van der Waals surface area contributed by atoms with Crippen molar-refractivity contribution in [2.75, 3.05) is 6.54 Å². The first kappa shape index (κ1) is 38.2. The molecule has 5 atom stereocenters. The van der Waals surface area contributed by atoms with Crippen LogP contribution in [0.25, 0.3) is 0 Å². The molecular formula is C35H52N4O7. The number of carbonyl (C=O) groups excluding carboxylic acids is 5. The van der Waals surface area contributed by atoms with Crippen LogP contribution in [0, 0.1) is 11.8 Å². The maximum absolute atomic E-state index is 13.7. The molecular weight excluding hydrogens is 588 g/mol. The summed E-state index contributed by atoms with van der Waals surface area (Å²) in [6, 6.07) is 6.37. The van der Waals surface area contributed by atoms with E-state index in [0.29, 0.717) is 31.4 Å². The zero-order valence-corrected chi connectivity index (χ0v) is 28.5. The van der Waals surface area contributed by atoms with Crippen LogP contribution in [0.3, 0.4) is 0 Å². The third kappa shape index (κ3) is 13.6. The van der Waals surface area contributed by atoms with E-state index in [9.17, 15) is 24.0 Å². The quantitative estimate of drug-likeness (QED) is 0.199. The Morgan fingerprint density at radius 3 is 2.26 bits per heavy atom. The Hall–Kier alpha value is -3.99. The Labute approximate surface area is 273 Å². The smallest absolute Gasteiger partial charge is 0.408 e. The molecule has 11 nitrogen and oxygen atoms in total. The molecule has 0 aliphatic carbocycles. The van der Waals surface area contributed by atoms with Crippen LogP contribution < -0.4 is 21.3 Å². The highest BCUT2D eigenvalue weighted by molar-refractivity contribution is 6.03. The predicted octanol–water partition coefficient (Wildman–Crippen LogP) is 4.12. The number of hydrogen-bond donors (Lipinski definition) is 4. The molecule has 1 aromatic carbocycles. The van der Waals surface area contributed by atoms with E-state index in [0.717, 1.165) is 5.56 Å². The summed E-state index contributed by atoms with van der Waals surface area (Å²) in [6.45, 7) is 15.0. The second kappa shape index (κ2) is 18.2. The average Bonchev–Trinajstić information content (AvgIpc) is 3.39. The predicted molar refractivity (Wildman–Crippen MR) is 176 cm³/mol. The second-order valence-electron chi connectivity index (χ2n) is 13.1. The average molecular weight is 641 g/mol. The van der Waals surface area contributed by atoms with E-state index in [-0.39, 0.29) is 30.1 Å². The molecule has 1 aliphatic rings. The monoisotopic (exact) mass is 640 g/mol. The highest BCUT2D eigenvalue weighted by Gasteiger charge is 2.35. The van der Waals surface area contributed by atoms with Crippen LogP contribution in [0.2, 0.25) is 0 Å². The van der Waals surface area contributed by atoms with E-state index < -0.39 is 47.7 Å². The normalized spacial score (nSPS) is 18.0. The summed E-state index contributed by atoms with van der Waals surface area (Å²) in [5.74, 6) is -1.69. The number of ether oxygens (including phenoxy) is 2. The summed E-state index contributed by atoms with van der Waals surface area (Å²) in [6.07, 6.45) is 4.33. The Morgan fingerprint density at radius 1 is 1.02 bits per heavy atom. The maximum atomic E-state index is 13.7. The topological polar surface area (TPSA) is 152 Å². The number of nitrogens with one attached hydrogen (secondary N) is 4. The van der Waals surface area contributed by atoms with Crippen LogP contribution in [-0.2, 0) is 35.3 Å². The molecule has 4 amide bonds. The van der Waals surface area contributed by atoms with Crippen molar-refractivity contribution in [3.05, 3.63) is 59.7 Å². The molecule has 1 aliphatic heterocycles. The van der Waals surface area contributed by atoms with E-state index in [4.69, 9.17) is 9.47 Å². The fraction of sp³-hybridized carbons (Fsp3) is 0.571. The van der Waals surface area contributed by atoms with Crippen molar-refractivity contribution in [2.24, 2.45) is 11.8 Å². The number of allylic oxidation sites excluding steroid dienone is 3. The van der Waals surface area contributed by atoms with Gasteiger partial charge in [0, 0.05) is 18.5 Å². The third-order valence-electron chi connectivity index (χ3n) is 7.45. The summed E-state index contributed by atoms with van der Waals surface area (Å²) in [5, 5.41) is 11.2. The molecule has 1 aromatic rings. The molecule has 46 heavy (non-hydrogen) atoms. The van der Waals surface area contributed by atoms with Crippen LogP contribution in [0.1, 0.15) is 80.2 Å². The highest BCUT2D eigenvalue weighted by Crippen LogP contribution is 2.18. The van der Waals surface area contributed by atoms with Crippen molar-refractivity contribution in [1.82, 2.24) is 21.3 Å². The van der Waals surface area contributed by atoms with E-state index in [1.54, 1.807) is 32.9 Å². The number of hydrogen-bond acceptors (Lipinski definition) is 7. The molecule has 4 N–H and O–H groups in total.